The van der Waals surface area contributed by atoms with Crippen LogP contribution in [0.2, 0.25) is 0 Å². The summed E-state index contributed by atoms with van der Waals surface area (Å²) in [6.07, 6.45) is 1.58. The van der Waals surface area contributed by atoms with Gasteiger partial charge in [-0.3, -0.25) is 4.79 Å². The summed E-state index contributed by atoms with van der Waals surface area (Å²) in [6, 6.07) is 11.5. The molecule has 128 valence electrons. The van der Waals surface area contributed by atoms with Gasteiger partial charge in [-0.1, -0.05) is 23.8 Å². The fourth-order valence-corrected chi connectivity index (χ4v) is 2.86. The van der Waals surface area contributed by atoms with Gasteiger partial charge in [-0.15, -0.1) is 0 Å². The number of ether oxygens (including phenoxy) is 1. The van der Waals surface area contributed by atoms with Crippen LogP contribution in [0.1, 0.15) is 27.8 Å². The molecule has 0 atom stereocenters. The number of amides is 1. The quantitative estimate of drug-likeness (QED) is 0.662. The number of aryl methyl sites for hydroxylation is 4. The molecule has 0 saturated heterocycles. The van der Waals surface area contributed by atoms with E-state index in [0.29, 0.717) is 0 Å². The van der Waals surface area contributed by atoms with Crippen molar-refractivity contribution < 1.29 is 9.53 Å². The smallest absolute Gasteiger partial charge is 0.266 e. The van der Waals surface area contributed by atoms with Crippen molar-refractivity contribution in [2.75, 3.05) is 12.4 Å². The predicted molar refractivity (Wildman–Crippen MR) is 101 cm³/mol. The molecule has 1 amide bonds. The van der Waals surface area contributed by atoms with Gasteiger partial charge in [0.2, 0.25) is 0 Å². The van der Waals surface area contributed by atoms with Gasteiger partial charge in [0, 0.05) is 5.69 Å². The average Bonchev–Trinajstić information content (AvgIpc) is 2.55. The first-order valence-corrected chi connectivity index (χ1v) is 8.01. The van der Waals surface area contributed by atoms with Crippen LogP contribution in [-0.2, 0) is 4.79 Å². The summed E-state index contributed by atoms with van der Waals surface area (Å²) < 4.78 is 5.23. The Balaban J connectivity index is 2.30. The Bertz CT molecular complexity index is 866. The molecule has 0 bridgehead atoms. The van der Waals surface area contributed by atoms with E-state index in [1.165, 1.54) is 0 Å². The first-order chi connectivity index (χ1) is 11.8. The molecule has 2 rings (SSSR count). The van der Waals surface area contributed by atoms with Crippen LogP contribution in [0, 0.1) is 39.0 Å². The zero-order valence-corrected chi connectivity index (χ0v) is 15.2. The Labute approximate surface area is 148 Å². The van der Waals surface area contributed by atoms with Gasteiger partial charge in [0.25, 0.3) is 5.91 Å². The van der Waals surface area contributed by atoms with E-state index in [9.17, 15) is 10.1 Å². The number of carbonyl (C=O) groups is 1. The number of hydrogen-bond donors (Lipinski definition) is 1. The Hall–Kier alpha value is -3.06. The molecular formula is C21H22N2O2. The van der Waals surface area contributed by atoms with Gasteiger partial charge >= 0.3 is 0 Å². The highest BCUT2D eigenvalue weighted by molar-refractivity contribution is 6.10. The van der Waals surface area contributed by atoms with Gasteiger partial charge in [-0.25, -0.2) is 0 Å². The van der Waals surface area contributed by atoms with Crippen molar-refractivity contribution in [3.63, 3.8) is 0 Å². The molecule has 25 heavy (non-hydrogen) atoms. The number of methoxy groups -OCH3 is 1. The lowest BCUT2D eigenvalue weighted by Gasteiger charge is -2.12. The van der Waals surface area contributed by atoms with Crippen LogP contribution in [0.25, 0.3) is 6.08 Å². The topological polar surface area (TPSA) is 62.1 Å². The van der Waals surface area contributed by atoms with Crippen molar-refractivity contribution in [1.29, 1.82) is 5.26 Å². The molecule has 0 aliphatic heterocycles. The third-order valence-electron chi connectivity index (χ3n) is 4.01. The van der Waals surface area contributed by atoms with Crippen LogP contribution >= 0.6 is 0 Å². The van der Waals surface area contributed by atoms with Crippen molar-refractivity contribution in [2.24, 2.45) is 0 Å². The summed E-state index contributed by atoms with van der Waals surface area (Å²) >= 11 is 0. The maximum atomic E-state index is 12.5. The Morgan fingerprint density at radius 2 is 1.72 bits per heavy atom. The Kier molecular flexibility index (Phi) is 5.61. The minimum atomic E-state index is -0.411. The van der Waals surface area contributed by atoms with Crippen LogP contribution in [0.5, 0.6) is 5.75 Å². The Morgan fingerprint density at radius 3 is 2.24 bits per heavy atom. The average molecular weight is 334 g/mol. The minimum absolute atomic E-state index is 0.0592. The third-order valence-corrected chi connectivity index (χ3v) is 4.01. The molecule has 0 fully saturated rings. The van der Waals surface area contributed by atoms with E-state index < -0.39 is 5.91 Å². The summed E-state index contributed by atoms with van der Waals surface area (Å²) in [7, 11) is 1.61. The highest BCUT2D eigenvalue weighted by Gasteiger charge is 2.13. The number of nitrogens with zero attached hydrogens (tertiary/aromatic N) is 1. The normalized spacial score (nSPS) is 11.0. The van der Waals surface area contributed by atoms with E-state index in [4.69, 9.17) is 4.74 Å². The molecule has 0 unspecified atom stereocenters. The molecular weight excluding hydrogens is 312 g/mol. The zero-order chi connectivity index (χ0) is 18.6. The van der Waals surface area contributed by atoms with E-state index in [-0.39, 0.29) is 5.57 Å². The molecule has 0 heterocycles. The van der Waals surface area contributed by atoms with Crippen LogP contribution in [0.4, 0.5) is 5.69 Å². The van der Waals surface area contributed by atoms with Crippen molar-refractivity contribution in [3.8, 4) is 11.8 Å². The maximum Gasteiger partial charge on any atom is 0.266 e. The molecule has 0 saturated carbocycles. The van der Waals surface area contributed by atoms with E-state index in [1.807, 2.05) is 64.1 Å². The standard InChI is InChI=1S/C21H22N2O2/c1-13-8-15(3)20(16(4)9-13)23-21(24)18(12-22)11-17-6-7-19(25-5)14(2)10-17/h6-11H,1-5H3,(H,23,24)/b18-11+. The molecule has 4 heteroatoms. The maximum absolute atomic E-state index is 12.5. The van der Waals surface area contributed by atoms with Gasteiger partial charge in [-0.05, 0) is 68.2 Å². The Morgan fingerprint density at radius 1 is 1.08 bits per heavy atom. The van der Waals surface area contributed by atoms with Crippen LogP contribution < -0.4 is 10.1 Å². The number of rotatable bonds is 4. The summed E-state index contributed by atoms with van der Waals surface area (Å²) in [5.74, 6) is 0.358. The SMILES string of the molecule is COc1ccc(/C=C(\C#N)C(=O)Nc2c(C)cc(C)cc2C)cc1C. The van der Waals surface area contributed by atoms with E-state index in [1.54, 1.807) is 13.2 Å². The van der Waals surface area contributed by atoms with Gasteiger partial charge in [0.15, 0.2) is 0 Å². The molecule has 0 radical (unpaired) electrons. The highest BCUT2D eigenvalue weighted by atomic mass is 16.5. The van der Waals surface area contributed by atoms with E-state index in [2.05, 4.69) is 5.32 Å². The molecule has 2 aromatic carbocycles. The molecule has 0 spiro atoms. The largest absolute Gasteiger partial charge is 0.496 e. The molecule has 0 aliphatic rings. The fraction of sp³-hybridized carbons (Fsp3) is 0.238. The molecule has 0 aromatic heterocycles. The number of hydrogen-bond acceptors (Lipinski definition) is 3. The zero-order valence-electron chi connectivity index (χ0n) is 15.2. The van der Waals surface area contributed by atoms with Crippen molar-refractivity contribution in [2.45, 2.75) is 27.7 Å². The first-order valence-electron chi connectivity index (χ1n) is 8.01. The van der Waals surface area contributed by atoms with Gasteiger partial charge in [0.05, 0.1) is 7.11 Å². The predicted octanol–water partition coefficient (Wildman–Crippen LogP) is 4.47. The minimum Gasteiger partial charge on any atom is -0.496 e. The first kappa shape index (κ1) is 18.3. The van der Waals surface area contributed by atoms with E-state index >= 15 is 0 Å². The molecule has 2 aromatic rings. The second-order valence-corrected chi connectivity index (χ2v) is 6.13. The van der Waals surface area contributed by atoms with Gasteiger partial charge in [-0.2, -0.15) is 5.26 Å². The molecule has 0 aliphatic carbocycles. The van der Waals surface area contributed by atoms with Crippen LogP contribution in [0.15, 0.2) is 35.9 Å². The summed E-state index contributed by atoms with van der Waals surface area (Å²) in [5, 5.41) is 12.2. The second kappa shape index (κ2) is 7.67. The number of benzene rings is 2. The van der Waals surface area contributed by atoms with Gasteiger partial charge < -0.3 is 10.1 Å². The highest BCUT2D eigenvalue weighted by Crippen LogP contribution is 2.23. The monoisotopic (exact) mass is 334 g/mol. The lowest BCUT2D eigenvalue weighted by atomic mass is 10.0. The fourth-order valence-electron chi connectivity index (χ4n) is 2.86. The number of carbonyl (C=O) groups excluding carboxylic acids is 1. The van der Waals surface area contributed by atoms with Crippen molar-refractivity contribution in [3.05, 3.63) is 63.7 Å². The second-order valence-electron chi connectivity index (χ2n) is 6.13. The van der Waals surface area contributed by atoms with Gasteiger partial charge in [0.1, 0.15) is 17.4 Å². The molecule has 1 N–H and O–H groups in total. The lowest BCUT2D eigenvalue weighted by molar-refractivity contribution is -0.112. The number of nitriles is 1. The third kappa shape index (κ3) is 4.27. The number of nitrogens with one attached hydrogen (secondary N) is 1. The summed E-state index contributed by atoms with van der Waals surface area (Å²) in [5.41, 5.74) is 5.62. The van der Waals surface area contributed by atoms with Crippen LogP contribution in [0.3, 0.4) is 0 Å². The van der Waals surface area contributed by atoms with Crippen molar-refractivity contribution in [1.82, 2.24) is 0 Å². The summed E-state index contributed by atoms with van der Waals surface area (Å²) in [6.45, 7) is 7.82. The van der Waals surface area contributed by atoms with Crippen molar-refractivity contribution >= 4 is 17.7 Å². The van der Waals surface area contributed by atoms with Crippen LogP contribution in [-0.4, -0.2) is 13.0 Å². The van der Waals surface area contributed by atoms with E-state index in [0.717, 1.165) is 39.3 Å². The lowest BCUT2D eigenvalue weighted by Crippen LogP contribution is -2.15. The molecule has 4 nitrogen and oxygen atoms in total. The number of anilines is 1. The summed E-state index contributed by atoms with van der Waals surface area (Å²) in [4.78, 5) is 12.5.